The maximum Gasteiger partial charge on any atom is 0.416 e. The van der Waals surface area contributed by atoms with Gasteiger partial charge in [-0.3, -0.25) is 4.79 Å². The van der Waals surface area contributed by atoms with Crippen molar-refractivity contribution >= 4 is 29.7 Å². The van der Waals surface area contributed by atoms with Crippen molar-refractivity contribution in [1.29, 1.82) is 0 Å². The summed E-state index contributed by atoms with van der Waals surface area (Å²) >= 11 is 1.48. The van der Waals surface area contributed by atoms with Gasteiger partial charge in [0.25, 0.3) is 5.91 Å². The minimum atomic E-state index is -4.36. The van der Waals surface area contributed by atoms with Gasteiger partial charge in [-0.2, -0.15) is 13.2 Å². The molecular formula is C20H22ClF3N2O2S. The first-order valence-electron chi connectivity index (χ1n) is 9.30. The molecule has 1 spiro atoms. The molecule has 4 nitrogen and oxygen atoms in total. The van der Waals surface area contributed by atoms with Crippen molar-refractivity contribution in [2.24, 2.45) is 0 Å². The molecular weight excluding hydrogens is 425 g/mol. The topological polar surface area (TPSA) is 50.4 Å². The molecule has 0 saturated carbocycles. The molecule has 1 aromatic carbocycles. The average molecular weight is 447 g/mol. The third kappa shape index (κ3) is 4.60. The van der Waals surface area contributed by atoms with Crippen molar-refractivity contribution in [3.05, 3.63) is 56.8 Å². The molecule has 0 atom stereocenters. The van der Waals surface area contributed by atoms with Crippen LogP contribution >= 0.6 is 23.7 Å². The van der Waals surface area contributed by atoms with Gasteiger partial charge in [-0.15, -0.1) is 23.7 Å². The number of rotatable bonds is 3. The number of carbonyl (C=O) groups excluding carboxylic acids is 1. The molecule has 158 valence electrons. The van der Waals surface area contributed by atoms with E-state index in [0.717, 1.165) is 49.4 Å². The molecule has 2 aliphatic rings. The monoisotopic (exact) mass is 446 g/mol. The molecule has 2 aromatic rings. The van der Waals surface area contributed by atoms with Crippen LogP contribution in [0.4, 0.5) is 13.2 Å². The Labute approximate surface area is 177 Å². The van der Waals surface area contributed by atoms with Crippen LogP contribution in [0.2, 0.25) is 0 Å². The van der Waals surface area contributed by atoms with Crippen LogP contribution in [0.1, 0.15) is 44.1 Å². The van der Waals surface area contributed by atoms with Crippen molar-refractivity contribution in [3.8, 4) is 0 Å². The average Bonchev–Trinajstić information content (AvgIpc) is 3.13. The van der Waals surface area contributed by atoms with Crippen molar-refractivity contribution in [2.75, 3.05) is 19.7 Å². The molecule has 0 unspecified atom stereocenters. The van der Waals surface area contributed by atoms with Gasteiger partial charge in [-0.1, -0.05) is 12.1 Å². The van der Waals surface area contributed by atoms with Crippen LogP contribution < -0.4 is 10.6 Å². The van der Waals surface area contributed by atoms with E-state index in [9.17, 15) is 18.0 Å². The predicted octanol–water partition coefficient (Wildman–Crippen LogP) is 4.27. The maximum absolute atomic E-state index is 12.6. The summed E-state index contributed by atoms with van der Waals surface area (Å²) in [6.45, 7) is 2.64. The number of halogens is 4. The zero-order chi connectivity index (χ0) is 19.8. The Morgan fingerprint density at radius 2 is 1.90 bits per heavy atom. The molecule has 29 heavy (non-hydrogen) atoms. The van der Waals surface area contributed by atoms with E-state index in [1.54, 1.807) is 0 Å². The van der Waals surface area contributed by atoms with Gasteiger partial charge in [0.1, 0.15) is 5.60 Å². The summed E-state index contributed by atoms with van der Waals surface area (Å²) in [6, 6.07) is 6.78. The zero-order valence-corrected chi connectivity index (χ0v) is 17.2. The summed E-state index contributed by atoms with van der Waals surface area (Å²) in [7, 11) is 0. The number of nitrogens with one attached hydrogen (secondary N) is 2. The zero-order valence-electron chi connectivity index (χ0n) is 15.6. The van der Waals surface area contributed by atoms with Crippen molar-refractivity contribution < 1.29 is 22.7 Å². The highest BCUT2D eigenvalue weighted by atomic mass is 35.5. The number of fused-ring (bicyclic) bond motifs is 2. The first-order chi connectivity index (χ1) is 13.4. The first kappa shape index (κ1) is 22.1. The Kier molecular flexibility index (Phi) is 6.57. The third-order valence-corrected chi connectivity index (χ3v) is 6.70. The third-order valence-electron chi connectivity index (χ3n) is 5.34. The van der Waals surface area contributed by atoms with E-state index in [-0.39, 0.29) is 30.5 Å². The van der Waals surface area contributed by atoms with Crippen molar-refractivity contribution in [1.82, 2.24) is 10.6 Å². The van der Waals surface area contributed by atoms with Crippen LogP contribution in [0, 0.1) is 0 Å². The molecule has 0 bridgehead atoms. The van der Waals surface area contributed by atoms with Gasteiger partial charge in [0, 0.05) is 11.4 Å². The van der Waals surface area contributed by atoms with Gasteiger partial charge in [0.2, 0.25) is 0 Å². The summed E-state index contributed by atoms with van der Waals surface area (Å²) in [6.07, 6.45) is -1.77. The van der Waals surface area contributed by atoms with E-state index in [1.165, 1.54) is 29.0 Å². The predicted molar refractivity (Wildman–Crippen MR) is 108 cm³/mol. The SMILES string of the molecule is Cl.O=C(NCc1ccc(C(F)(F)F)cc1)c1cc2c(s1)C1(CCNCC1)OCC2. The molecule has 9 heteroatoms. The summed E-state index contributed by atoms with van der Waals surface area (Å²) in [5.74, 6) is -0.205. The fourth-order valence-corrected chi connectivity index (χ4v) is 5.14. The number of hydrogen-bond acceptors (Lipinski definition) is 4. The second-order valence-electron chi connectivity index (χ2n) is 7.19. The van der Waals surface area contributed by atoms with E-state index in [2.05, 4.69) is 10.6 Å². The Morgan fingerprint density at radius 1 is 1.21 bits per heavy atom. The fourth-order valence-electron chi connectivity index (χ4n) is 3.82. The van der Waals surface area contributed by atoms with E-state index in [0.29, 0.717) is 17.0 Å². The largest absolute Gasteiger partial charge is 0.416 e. The molecule has 0 radical (unpaired) electrons. The van der Waals surface area contributed by atoms with Gasteiger partial charge in [-0.05, 0) is 61.7 Å². The molecule has 3 heterocycles. The van der Waals surface area contributed by atoms with Gasteiger partial charge in [-0.25, -0.2) is 0 Å². The number of thiophene rings is 1. The number of carbonyl (C=O) groups is 1. The second-order valence-corrected chi connectivity index (χ2v) is 8.24. The minimum Gasteiger partial charge on any atom is -0.369 e. The quantitative estimate of drug-likeness (QED) is 0.740. The van der Waals surface area contributed by atoms with E-state index in [1.807, 2.05) is 6.07 Å². The van der Waals surface area contributed by atoms with Crippen LogP contribution in [0.3, 0.4) is 0 Å². The number of alkyl halides is 3. The lowest BCUT2D eigenvalue weighted by atomic mass is 9.86. The summed E-state index contributed by atoms with van der Waals surface area (Å²) in [5, 5.41) is 6.15. The van der Waals surface area contributed by atoms with Gasteiger partial charge in [0.15, 0.2) is 0 Å². The van der Waals surface area contributed by atoms with Crippen molar-refractivity contribution in [3.63, 3.8) is 0 Å². The molecule has 2 aliphatic heterocycles. The molecule has 1 fully saturated rings. The highest BCUT2D eigenvalue weighted by Gasteiger charge is 2.41. The highest BCUT2D eigenvalue weighted by molar-refractivity contribution is 7.14. The Morgan fingerprint density at radius 3 is 2.55 bits per heavy atom. The fraction of sp³-hybridized carbons (Fsp3) is 0.450. The van der Waals surface area contributed by atoms with Crippen LogP contribution in [0.25, 0.3) is 0 Å². The molecule has 0 aliphatic carbocycles. The Hall–Kier alpha value is -1.61. The number of ether oxygens (including phenoxy) is 1. The van der Waals surface area contributed by atoms with Crippen LogP contribution in [0.5, 0.6) is 0 Å². The second kappa shape index (κ2) is 8.63. The van der Waals surface area contributed by atoms with Crippen LogP contribution in [0.15, 0.2) is 30.3 Å². The lowest BCUT2D eigenvalue weighted by molar-refractivity contribution is -0.137. The maximum atomic E-state index is 12.6. The number of benzene rings is 1. The minimum absolute atomic E-state index is 0. The van der Waals surface area contributed by atoms with Gasteiger partial charge < -0.3 is 15.4 Å². The Balaban J connectivity index is 0.00000240. The number of hydrogen-bond donors (Lipinski definition) is 2. The molecule has 2 N–H and O–H groups in total. The Bertz CT molecular complexity index is 862. The first-order valence-corrected chi connectivity index (χ1v) is 10.1. The molecule has 1 saturated heterocycles. The number of piperidine rings is 1. The molecule has 1 amide bonds. The summed E-state index contributed by atoms with van der Waals surface area (Å²) in [4.78, 5) is 14.4. The smallest absolute Gasteiger partial charge is 0.369 e. The van der Waals surface area contributed by atoms with E-state index < -0.39 is 11.7 Å². The normalized spacial score (nSPS) is 18.0. The lowest BCUT2D eigenvalue weighted by Gasteiger charge is -2.40. The van der Waals surface area contributed by atoms with Gasteiger partial charge in [0.05, 0.1) is 17.0 Å². The van der Waals surface area contributed by atoms with E-state index >= 15 is 0 Å². The highest BCUT2D eigenvalue weighted by Crippen LogP contribution is 2.44. The van der Waals surface area contributed by atoms with Gasteiger partial charge >= 0.3 is 6.18 Å². The number of amides is 1. The van der Waals surface area contributed by atoms with Crippen LogP contribution in [-0.4, -0.2) is 25.6 Å². The summed E-state index contributed by atoms with van der Waals surface area (Å²) < 4.78 is 44.0. The molecule has 1 aromatic heterocycles. The molecule has 4 rings (SSSR count). The lowest BCUT2D eigenvalue weighted by Crippen LogP contribution is -2.43. The van der Waals surface area contributed by atoms with Crippen molar-refractivity contribution in [2.45, 2.75) is 37.6 Å². The standard InChI is InChI=1S/C20H21F3N2O2S.ClH/c21-20(22,23)15-3-1-13(2-4-15)12-25-18(26)16-11-14-5-10-27-19(17(14)28-16)6-8-24-9-7-19;/h1-4,11,24H,5-10,12H2,(H,25,26);1H. The van der Waals surface area contributed by atoms with E-state index in [4.69, 9.17) is 4.74 Å². The van der Waals surface area contributed by atoms with Crippen LogP contribution in [-0.2, 0) is 29.5 Å². The summed E-state index contributed by atoms with van der Waals surface area (Å²) in [5.41, 5.74) is 0.828.